The van der Waals surface area contributed by atoms with Gasteiger partial charge in [0.15, 0.2) is 5.05 Å². The van der Waals surface area contributed by atoms with Crippen molar-refractivity contribution in [2.45, 2.75) is 112 Å². The summed E-state index contributed by atoms with van der Waals surface area (Å²) in [5.41, 5.74) is 1.74. The monoisotopic (exact) mass is 474 g/mol. The van der Waals surface area contributed by atoms with Gasteiger partial charge < -0.3 is 9.84 Å². The van der Waals surface area contributed by atoms with Crippen LogP contribution in [0.4, 0.5) is 0 Å². The highest BCUT2D eigenvalue weighted by Gasteiger charge is 2.60. The fourth-order valence-corrected chi connectivity index (χ4v) is 9.73. The van der Waals surface area contributed by atoms with Gasteiger partial charge in [-0.25, -0.2) is 0 Å². The van der Waals surface area contributed by atoms with Crippen molar-refractivity contribution >= 4 is 17.3 Å². The summed E-state index contributed by atoms with van der Waals surface area (Å²) in [7, 11) is 0. The summed E-state index contributed by atoms with van der Waals surface area (Å²) < 4.78 is 5.70. The van der Waals surface area contributed by atoms with Crippen LogP contribution in [-0.4, -0.2) is 16.8 Å². The molecular weight excluding hydrogens is 424 g/mol. The minimum atomic E-state index is 0.258. The highest BCUT2D eigenvalue weighted by molar-refractivity contribution is 7.80. The molecule has 2 nitrogen and oxygen atoms in total. The molecule has 0 amide bonds. The van der Waals surface area contributed by atoms with Gasteiger partial charge in [-0.1, -0.05) is 53.9 Å². The zero-order valence-electron chi connectivity index (χ0n) is 22.3. The second-order valence-electron chi connectivity index (χ2n) is 13.2. The topological polar surface area (TPSA) is 29.5 Å². The average Bonchev–Trinajstić information content (AvgIpc) is 3.11. The highest BCUT2D eigenvalue weighted by Crippen LogP contribution is 2.68. The average molecular weight is 475 g/mol. The molecule has 0 radical (unpaired) electrons. The molecule has 33 heavy (non-hydrogen) atoms. The molecule has 3 fully saturated rings. The molecule has 8 unspecified atom stereocenters. The standard InChI is InChI=1S/C30H50O2S/c1-7-32-28(33)23-18-30(6)21(17-27(23)31)11-12-22-25-14-13-24(20(4)10-8-9-19(2)3)29(25,5)16-15-26(22)30/h19-22,24-26,31H,7-18H2,1-6H3. The molecule has 3 heteroatoms. The predicted molar refractivity (Wildman–Crippen MR) is 142 cm³/mol. The van der Waals surface area contributed by atoms with Crippen LogP contribution in [0.5, 0.6) is 0 Å². The van der Waals surface area contributed by atoms with E-state index in [9.17, 15) is 5.11 Å². The van der Waals surface area contributed by atoms with Crippen LogP contribution in [0.1, 0.15) is 112 Å². The van der Waals surface area contributed by atoms with Crippen LogP contribution in [0.2, 0.25) is 0 Å². The molecule has 0 aliphatic heterocycles. The molecule has 0 bridgehead atoms. The number of rotatable bonds is 7. The molecule has 188 valence electrons. The summed E-state index contributed by atoms with van der Waals surface area (Å²) in [5, 5.41) is 11.4. The van der Waals surface area contributed by atoms with Crippen molar-refractivity contribution < 1.29 is 9.84 Å². The first-order valence-electron chi connectivity index (χ1n) is 14.2. The minimum absolute atomic E-state index is 0.258. The smallest absolute Gasteiger partial charge is 0.190 e. The Kier molecular flexibility index (Phi) is 7.60. The van der Waals surface area contributed by atoms with Crippen LogP contribution in [0.3, 0.4) is 0 Å². The van der Waals surface area contributed by atoms with Crippen molar-refractivity contribution in [3.63, 3.8) is 0 Å². The lowest BCUT2D eigenvalue weighted by Crippen LogP contribution is -2.53. The van der Waals surface area contributed by atoms with Crippen molar-refractivity contribution in [1.82, 2.24) is 0 Å². The Morgan fingerprint density at radius 2 is 1.76 bits per heavy atom. The largest absolute Gasteiger partial charge is 0.512 e. The fourth-order valence-electron chi connectivity index (χ4n) is 9.42. The van der Waals surface area contributed by atoms with Gasteiger partial charge in [0.05, 0.1) is 6.61 Å². The van der Waals surface area contributed by atoms with Crippen molar-refractivity contribution in [2.24, 2.45) is 52.3 Å². The first kappa shape index (κ1) is 25.5. The maximum atomic E-state index is 10.8. The zero-order valence-corrected chi connectivity index (χ0v) is 23.1. The van der Waals surface area contributed by atoms with Gasteiger partial charge in [-0.05, 0) is 116 Å². The summed E-state index contributed by atoms with van der Waals surface area (Å²) >= 11 is 5.59. The molecule has 4 aliphatic carbocycles. The third kappa shape index (κ3) is 4.54. The van der Waals surface area contributed by atoms with Gasteiger partial charge in [-0.15, -0.1) is 0 Å². The first-order valence-corrected chi connectivity index (χ1v) is 14.6. The van der Waals surface area contributed by atoms with Crippen LogP contribution < -0.4 is 0 Å². The van der Waals surface area contributed by atoms with Gasteiger partial charge in [0.1, 0.15) is 5.76 Å². The highest BCUT2D eigenvalue weighted by atomic mass is 32.1. The van der Waals surface area contributed by atoms with E-state index < -0.39 is 0 Å². The molecular formula is C30H50O2S. The Morgan fingerprint density at radius 1 is 1.03 bits per heavy atom. The molecule has 0 saturated heterocycles. The van der Waals surface area contributed by atoms with Crippen LogP contribution in [0.25, 0.3) is 0 Å². The van der Waals surface area contributed by atoms with Gasteiger partial charge in [0.2, 0.25) is 0 Å². The molecule has 0 spiro atoms. The van der Waals surface area contributed by atoms with Gasteiger partial charge in [-0.3, -0.25) is 0 Å². The van der Waals surface area contributed by atoms with Gasteiger partial charge >= 0.3 is 0 Å². The summed E-state index contributed by atoms with van der Waals surface area (Å²) in [6, 6.07) is 0. The Balaban J connectivity index is 1.50. The van der Waals surface area contributed by atoms with Crippen LogP contribution in [-0.2, 0) is 4.74 Å². The Morgan fingerprint density at radius 3 is 2.45 bits per heavy atom. The van der Waals surface area contributed by atoms with E-state index in [1.165, 1.54) is 57.8 Å². The minimum Gasteiger partial charge on any atom is -0.512 e. The molecule has 0 aromatic carbocycles. The molecule has 0 heterocycles. The van der Waals surface area contributed by atoms with Crippen LogP contribution in [0.15, 0.2) is 11.3 Å². The number of hydrogen-bond acceptors (Lipinski definition) is 3. The van der Waals surface area contributed by atoms with Crippen molar-refractivity contribution in [2.75, 3.05) is 6.61 Å². The molecule has 4 rings (SSSR count). The quantitative estimate of drug-likeness (QED) is 0.373. The van der Waals surface area contributed by atoms with E-state index in [1.54, 1.807) is 0 Å². The Bertz CT molecular complexity index is 756. The maximum absolute atomic E-state index is 10.8. The molecule has 8 atom stereocenters. The Hall–Kier alpha value is -0.570. The second kappa shape index (κ2) is 9.82. The normalized spacial score (nSPS) is 41.4. The molecule has 1 N–H and O–H groups in total. The maximum Gasteiger partial charge on any atom is 0.190 e. The van der Waals surface area contributed by atoms with E-state index >= 15 is 0 Å². The number of ether oxygens (including phenoxy) is 1. The number of fused-ring (bicyclic) bond motifs is 5. The first-order chi connectivity index (χ1) is 15.6. The number of aliphatic hydroxyl groups is 1. The lowest BCUT2D eigenvalue weighted by atomic mass is 9.44. The van der Waals surface area contributed by atoms with Gasteiger partial charge in [0, 0.05) is 12.0 Å². The lowest BCUT2D eigenvalue weighted by Gasteiger charge is -2.60. The van der Waals surface area contributed by atoms with E-state index in [-0.39, 0.29) is 5.41 Å². The van der Waals surface area contributed by atoms with Crippen LogP contribution in [0, 0.1) is 52.3 Å². The molecule has 0 aromatic rings. The molecule has 4 aliphatic rings. The third-order valence-electron chi connectivity index (χ3n) is 11.1. The van der Waals surface area contributed by atoms with E-state index in [0.29, 0.717) is 28.7 Å². The fraction of sp³-hybridized carbons (Fsp3) is 0.900. The number of allylic oxidation sites excluding steroid dienone is 1. The molecule has 0 aromatic heterocycles. The van der Waals surface area contributed by atoms with E-state index in [0.717, 1.165) is 53.9 Å². The zero-order chi connectivity index (χ0) is 24.0. The Labute approximate surface area is 209 Å². The van der Waals surface area contributed by atoms with Crippen molar-refractivity contribution in [3.05, 3.63) is 11.3 Å². The SMILES string of the molecule is CCOC(=S)C1=C(O)CC2CCC3C(CCC4(C)C(C(C)CCCC(C)C)CCC34)C2(C)C1. The van der Waals surface area contributed by atoms with Crippen molar-refractivity contribution in [1.29, 1.82) is 0 Å². The summed E-state index contributed by atoms with van der Waals surface area (Å²) in [6.45, 7) is 15.1. The van der Waals surface area contributed by atoms with Gasteiger partial charge in [-0.2, -0.15) is 0 Å². The van der Waals surface area contributed by atoms with Crippen molar-refractivity contribution in [3.8, 4) is 0 Å². The third-order valence-corrected chi connectivity index (χ3v) is 11.5. The number of aliphatic hydroxyl groups excluding tert-OH is 1. The van der Waals surface area contributed by atoms with E-state index in [4.69, 9.17) is 17.0 Å². The lowest BCUT2D eigenvalue weighted by molar-refractivity contribution is -0.105. The second-order valence-corrected chi connectivity index (χ2v) is 13.6. The van der Waals surface area contributed by atoms with E-state index in [2.05, 4.69) is 34.6 Å². The number of thiocarbonyl (C=S) groups is 1. The van der Waals surface area contributed by atoms with Gasteiger partial charge in [0.25, 0.3) is 0 Å². The van der Waals surface area contributed by atoms with E-state index in [1.807, 2.05) is 6.92 Å². The summed E-state index contributed by atoms with van der Waals surface area (Å²) in [5.74, 6) is 6.27. The van der Waals surface area contributed by atoms with Crippen LogP contribution >= 0.6 is 12.2 Å². The predicted octanol–water partition coefficient (Wildman–Crippen LogP) is 8.89. The summed E-state index contributed by atoms with van der Waals surface area (Å²) in [4.78, 5) is 0. The molecule has 3 saturated carbocycles. The number of hydrogen-bond donors (Lipinski definition) is 1. The summed E-state index contributed by atoms with van der Waals surface area (Å²) in [6.07, 6.45) is 14.3.